The summed E-state index contributed by atoms with van der Waals surface area (Å²) in [6.07, 6.45) is 1.86. The number of imidazole rings is 1. The van der Waals surface area contributed by atoms with Crippen LogP contribution in [0.2, 0.25) is 0 Å². The van der Waals surface area contributed by atoms with Crippen LogP contribution in [0.5, 0.6) is 0 Å². The second kappa shape index (κ2) is 4.75. The van der Waals surface area contributed by atoms with Gasteiger partial charge < -0.3 is 14.3 Å². The lowest BCUT2D eigenvalue weighted by molar-refractivity contribution is 0.465. The van der Waals surface area contributed by atoms with E-state index in [9.17, 15) is 0 Å². The van der Waals surface area contributed by atoms with E-state index in [2.05, 4.69) is 27.9 Å². The maximum atomic E-state index is 5.75. The van der Waals surface area contributed by atoms with Crippen LogP contribution in [0.25, 0.3) is 0 Å². The first-order valence-electron chi connectivity index (χ1n) is 5.83. The third kappa shape index (κ3) is 2.42. The van der Waals surface area contributed by atoms with Crippen molar-refractivity contribution < 1.29 is 4.42 Å². The topological polar surface area (TPSA) is 43.0 Å². The summed E-state index contributed by atoms with van der Waals surface area (Å²) in [5, 5.41) is 3.14. The number of aryl methyl sites for hydroxylation is 2. The summed E-state index contributed by atoms with van der Waals surface area (Å²) in [6.45, 7) is 7.69. The van der Waals surface area contributed by atoms with Crippen LogP contribution in [0.1, 0.15) is 28.5 Å². The van der Waals surface area contributed by atoms with E-state index < -0.39 is 0 Å². The number of nitrogens with one attached hydrogen (secondary N) is 1. The van der Waals surface area contributed by atoms with Crippen LogP contribution in [0.4, 0.5) is 0 Å². The summed E-state index contributed by atoms with van der Waals surface area (Å²) in [5.74, 6) is 1.97. The number of nitrogens with zero attached hydrogens (tertiary/aromatic N) is 2. The molecule has 0 bridgehead atoms. The number of hydrogen-bond donors (Lipinski definition) is 1. The first kappa shape index (κ1) is 11.9. The van der Waals surface area contributed by atoms with Gasteiger partial charge in [0.25, 0.3) is 0 Å². The molecule has 0 fully saturated rings. The minimum atomic E-state index is 0.747. The molecule has 0 radical (unpaired) electrons. The third-order valence-corrected chi connectivity index (χ3v) is 3.11. The van der Waals surface area contributed by atoms with Crippen molar-refractivity contribution in [2.45, 2.75) is 33.9 Å². The molecule has 0 amide bonds. The van der Waals surface area contributed by atoms with E-state index in [1.54, 1.807) is 0 Å². The molecule has 1 N–H and O–H groups in total. The Labute approximate surface area is 102 Å². The molecule has 0 aliphatic carbocycles. The van der Waals surface area contributed by atoms with Gasteiger partial charge >= 0.3 is 0 Å². The molecule has 4 heteroatoms. The SMILES string of the molecule is CNCc1cc(Cn2cnc(C)c2C)oc1C. The highest BCUT2D eigenvalue weighted by Crippen LogP contribution is 2.16. The largest absolute Gasteiger partial charge is 0.464 e. The van der Waals surface area contributed by atoms with Crippen LogP contribution in [0.3, 0.4) is 0 Å². The molecular weight excluding hydrogens is 214 g/mol. The Morgan fingerprint density at radius 1 is 1.35 bits per heavy atom. The molecule has 0 saturated carbocycles. The van der Waals surface area contributed by atoms with Crippen LogP contribution >= 0.6 is 0 Å². The van der Waals surface area contributed by atoms with Crippen molar-refractivity contribution in [3.05, 3.63) is 40.9 Å². The molecule has 2 heterocycles. The minimum absolute atomic E-state index is 0.747. The highest BCUT2D eigenvalue weighted by molar-refractivity contribution is 5.21. The van der Waals surface area contributed by atoms with Gasteiger partial charge in [-0.1, -0.05) is 0 Å². The minimum Gasteiger partial charge on any atom is -0.464 e. The zero-order valence-electron chi connectivity index (χ0n) is 10.9. The summed E-state index contributed by atoms with van der Waals surface area (Å²) in [7, 11) is 1.94. The highest BCUT2D eigenvalue weighted by atomic mass is 16.3. The molecule has 2 aromatic heterocycles. The van der Waals surface area contributed by atoms with Gasteiger partial charge in [0, 0.05) is 17.8 Å². The Morgan fingerprint density at radius 3 is 2.71 bits per heavy atom. The van der Waals surface area contributed by atoms with Crippen molar-refractivity contribution in [3.63, 3.8) is 0 Å². The van der Waals surface area contributed by atoms with Crippen LogP contribution in [-0.4, -0.2) is 16.6 Å². The molecule has 0 aliphatic heterocycles. The van der Waals surface area contributed by atoms with E-state index in [1.165, 1.54) is 11.3 Å². The third-order valence-electron chi connectivity index (χ3n) is 3.11. The van der Waals surface area contributed by atoms with Gasteiger partial charge in [0.2, 0.25) is 0 Å². The zero-order valence-corrected chi connectivity index (χ0v) is 10.9. The molecule has 92 valence electrons. The van der Waals surface area contributed by atoms with E-state index in [-0.39, 0.29) is 0 Å². The van der Waals surface area contributed by atoms with Gasteiger partial charge in [-0.2, -0.15) is 0 Å². The molecule has 0 unspecified atom stereocenters. The van der Waals surface area contributed by atoms with E-state index in [0.29, 0.717) is 0 Å². The predicted molar refractivity (Wildman–Crippen MR) is 67.0 cm³/mol. The second-order valence-corrected chi connectivity index (χ2v) is 4.37. The van der Waals surface area contributed by atoms with E-state index in [4.69, 9.17) is 4.42 Å². The maximum Gasteiger partial charge on any atom is 0.124 e. The van der Waals surface area contributed by atoms with E-state index in [0.717, 1.165) is 30.3 Å². The molecule has 2 aromatic rings. The number of hydrogen-bond acceptors (Lipinski definition) is 3. The maximum absolute atomic E-state index is 5.75. The van der Waals surface area contributed by atoms with Crippen LogP contribution in [0.15, 0.2) is 16.8 Å². The Kier molecular flexibility index (Phi) is 3.33. The lowest BCUT2D eigenvalue weighted by Gasteiger charge is -2.02. The Bertz CT molecular complexity index is 511. The molecule has 4 nitrogen and oxygen atoms in total. The number of rotatable bonds is 4. The summed E-state index contributed by atoms with van der Waals surface area (Å²) in [6, 6.07) is 2.11. The van der Waals surface area contributed by atoms with Crippen molar-refractivity contribution in [1.82, 2.24) is 14.9 Å². The Morgan fingerprint density at radius 2 is 2.12 bits per heavy atom. The quantitative estimate of drug-likeness (QED) is 0.880. The molecule has 0 aliphatic rings. The van der Waals surface area contributed by atoms with Gasteiger partial charge in [0.1, 0.15) is 11.5 Å². The fraction of sp³-hybridized carbons (Fsp3) is 0.462. The first-order chi connectivity index (χ1) is 8.11. The second-order valence-electron chi connectivity index (χ2n) is 4.37. The van der Waals surface area contributed by atoms with Gasteiger partial charge in [-0.05, 0) is 33.9 Å². The van der Waals surface area contributed by atoms with E-state index >= 15 is 0 Å². The average molecular weight is 233 g/mol. The fourth-order valence-corrected chi connectivity index (χ4v) is 1.90. The summed E-state index contributed by atoms with van der Waals surface area (Å²) >= 11 is 0. The van der Waals surface area contributed by atoms with Gasteiger partial charge in [-0.25, -0.2) is 4.98 Å². The first-order valence-corrected chi connectivity index (χ1v) is 5.83. The Hall–Kier alpha value is -1.55. The Balaban J connectivity index is 2.19. The van der Waals surface area contributed by atoms with Crippen molar-refractivity contribution in [2.24, 2.45) is 0 Å². The predicted octanol–water partition coefficient (Wildman–Crippen LogP) is 2.17. The normalized spacial score (nSPS) is 11.1. The lowest BCUT2D eigenvalue weighted by Crippen LogP contribution is -2.04. The molecular formula is C13H19N3O. The standard InChI is InChI=1S/C13H19N3O/c1-9-10(2)16(8-15-9)7-13-5-12(6-14-4)11(3)17-13/h5,8,14H,6-7H2,1-4H3. The zero-order chi connectivity index (χ0) is 12.4. The van der Waals surface area contributed by atoms with Gasteiger partial charge in [0.05, 0.1) is 18.6 Å². The number of furan rings is 1. The smallest absolute Gasteiger partial charge is 0.124 e. The molecule has 0 aromatic carbocycles. The van der Waals surface area contributed by atoms with Crippen molar-refractivity contribution >= 4 is 0 Å². The van der Waals surface area contributed by atoms with Crippen molar-refractivity contribution in [2.75, 3.05) is 7.05 Å². The van der Waals surface area contributed by atoms with Crippen LogP contribution in [-0.2, 0) is 13.1 Å². The van der Waals surface area contributed by atoms with E-state index in [1.807, 2.05) is 27.2 Å². The summed E-state index contributed by atoms with van der Waals surface area (Å²) in [5.41, 5.74) is 3.48. The summed E-state index contributed by atoms with van der Waals surface area (Å²) in [4.78, 5) is 4.29. The molecule has 2 rings (SSSR count). The molecule has 0 saturated heterocycles. The average Bonchev–Trinajstić information content (AvgIpc) is 2.78. The van der Waals surface area contributed by atoms with Crippen molar-refractivity contribution in [1.29, 1.82) is 0 Å². The molecule has 17 heavy (non-hydrogen) atoms. The highest BCUT2D eigenvalue weighted by Gasteiger charge is 2.09. The summed E-state index contributed by atoms with van der Waals surface area (Å²) < 4.78 is 7.85. The van der Waals surface area contributed by atoms with Gasteiger partial charge in [-0.15, -0.1) is 0 Å². The van der Waals surface area contributed by atoms with Gasteiger partial charge in [0.15, 0.2) is 0 Å². The lowest BCUT2D eigenvalue weighted by atomic mass is 10.2. The van der Waals surface area contributed by atoms with Crippen LogP contribution in [0, 0.1) is 20.8 Å². The molecule has 0 atom stereocenters. The van der Waals surface area contributed by atoms with Crippen LogP contribution < -0.4 is 5.32 Å². The number of aromatic nitrogens is 2. The van der Waals surface area contributed by atoms with Crippen molar-refractivity contribution in [3.8, 4) is 0 Å². The molecule has 0 spiro atoms. The van der Waals surface area contributed by atoms with Gasteiger partial charge in [-0.3, -0.25) is 0 Å². The fourth-order valence-electron chi connectivity index (χ4n) is 1.90. The monoisotopic (exact) mass is 233 g/mol.